The first-order valence-corrected chi connectivity index (χ1v) is 12.0. The Morgan fingerprint density at radius 1 is 1.00 bits per heavy atom. The molecule has 1 aromatic carbocycles. The summed E-state index contributed by atoms with van der Waals surface area (Å²) >= 11 is 0. The van der Waals surface area contributed by atoms with Crippen molar-refractivity contribution in [3.05, 3.63) is 35.9 Å². The third-order valence-corrected chi connectivity index (χ3v) is 5.93. The molecule has 0 spiro atoms. The predicted octanol–water partition coefficient (Wildman–Crippen LogP) is 4.46. The number of aliphatic hydroxyl groups excluding tert-OH is 1. The van der Waals surface area contributed by atoms with Crippen LogP contribution in [0.5, 0.6) is 0 Å². The monoisotopic (exact) mass is 418 g/mol. The highest BCUT2D eigenvalue weighted by atomic mass is 16.5. The van der Waals surface area contributed by atoms with Crippen LogP contribution < -0.4 is 5.32 Å². The number of nitrogens with zero attached hydrogens (tertiary/aromatic N) is 1. The highest BCUT2D eigenvalue weighted by molar-refractivity contribution is 5.76. The summed E-state index contributed by atoms with van der Waals surface area (Å²) < 4.78 is 5.43. The Morgan fingerprint density at radius 3 is 2.23 bits per heavy atom. The molecule has 30 heavy (non-hydrogen) atoms. The van der Waals surface area contributed by atoms with Crippen LogP contribution in [0.25, 0.3) is 0 Å². The number of unbranched alkanes of at least 4 members (excludes halogenated alkanes) is 8. The van der Waals surface area contributed by atoms with Crippen LogP contribution in [-0.2, 0) is 9.53 Å². The van der Waals surface area contributed by atoms with E-state index < -0.39 is 6.10 Å². The topological polar surface area (TPSA) is 61.8 Å². The van der Waals surface area contributed by atoms with E-state index in [0.29, 0.717) is 26.2 Å². The van der Waals surface area contributed by atoms with Gasteiger partial charge in [-0.3, -0.25) is 9.69 Å². The molecular weight excluding hydrogens is 376 g/mol. The number of ether oxygens (including phenoxy) is 1. The lowest BCUT2D eigenvalue weighted by atomic mass is 10.0. The zero-order valence-electron chi connectivity index (χ0n) is 18.9. The zero-order chi connectivity index (χ0) is 21.4. The molecule has 0 aromatic heterocycles. The van der Waals surface area contributed by atoms with E-state index in [1.165, 1.54) is 44.9 Å². The quantitative estimate of drug-likeness (QED) is 0.413. The normalized spacial score (nSPS) is 16.9. The minimum Gasteiger partial charge on any atom is -0.386 e. The SMILES string of the molecule is CCCCCCCCCCCC(=O)NC(CN1CCOCC1)[C@H](O)c1ccccc1. The summed E-state index contributed by atoms with van der Waals surface area (Å²) in [7, 11) is 0. The first-order chi connectivity index (χ1) is 14.7. The van der Waals surface area contributed by atoms with Crippen LogP contribution in [0.3, 0.4) is 0 Å². The van der Waals surface area contributed by atoms with Crippen molar-refractivity contribution in [3.63, 3.8) is 0 Å². The first kappa shape index (κ1) is 24.8. The van der Waals surface area contributed by atoms with Crippen LogP contribution in [0.2, 0.25) is 0 Å². The predicted molar refractivity (Wildman–Crippen MR) is 122 cm³/mol. The minimum atomic E-state index is -0.707. The van der Waals surface area contributed by atoms with Gasteiger partial charge in [-0.1, -0.05) is 88.6 Å². The molecule has 0 saturated carbocycles. The highest BCUT2D eigenvalue weighted by Gasteiger charge is 2.26. The lowest BCUT2D eigenvalue weighted by Crippen LogP contribution is -2.49. The van der Waals surface area contributed by atoms with Crippen LogP contribution in [-0.4, -0.2) is 54.8 Å². The first-order valence-electron chi connectivity index (χ1n) is 12.0. The van der Waals surface area contributed by atoms with E-state index in [9.17, 15) is 9.90 Å². The van der Waals surface area contributed by atoms with E-state index in [-0.39, 0.29) is 11.9 Å². The van der Waals surface area contributed by atoms with Crippen LogP contribution >= 0.6 is 0 Å². The number of morpholine rings is 1. The maximum Gasteiger partial charge on any atom is 0.220 e. The molecule has 0 radical (unpaired) electrons. The number of carbonyl (C=O) groups is 1. The van der Waals surface area contributed by atoms with Crippen LogP contribution in [0, 0.1) is 0 Å². The Kier molecular flexibility index (Phi) is 12.7. The molecule has 2 atom stereocenters. The maximum absolute atomic E-state index is 12.6. The molecule has 170 valence electrons. The Hall–Kier alpha value is -1.43. The molecular formula is C25H42N2O3. The Morgan fingerprint density at radius 2 is 1.60 bits per heavy atom. The van der Waals surface area contributed by atoms with Crippen molar-refractivity contribution < 1.29 is 14.6 Å². The second-order valence-electron chi connectivity index (χ2n) is 8.52. The molecule has 1 fully saturated rings. The summed E-state index contributed by atoms with van der Waals surface area (Å²) in [5.74, 6) is 0.0474. The molecule has 1 aromatic rings. The Labute approximate surface area is 183 Å². The van der Waals surface area contributed by atoms with Crippen LogP contribution in [0.4, 0.5) is 0 Å². The van der Waals surface area contributed by atoms with Crippen LogP contribution in [0.15, 0.2) is 30.3 Å². The van der Waals surface area contributed by atoms with Crippen molar-refractivity contribution in [2.24, 2.45) is 0 Å². The lowest BCUT2D eigenvalue weighted by molar-refractivity contribution is -0.123. The van der Waals surface area contributed by atoms with Gasteiger partial charge in [0.1, 0.15) is 6.10 Å². The average molecular weight is 419 g/mol. The van der Waals surface area contributed by atoms with Gasteiger partial charge in [0.25, 0.3) is 0 Å². The van der Waals surface area contributed by atoms with E-state index in [2.05, 4.69) is 17.1 Å². The number of nitrogens with one attached hydrogen (secondary N) is 1. The van der Waals surface area contributed by atoms with E-state index in [1.807, 2.05) is 30.3 Å². The molecule has 1 heterocycles. The van der Waals surface area contributed by atoms with Crippen molar-refractivity contribution in [2.75, 3.05) is 32.8 Å². The molecule has 1 aliphatic rings. The summed E-state index contributed by atoms with van der Waals surface area (Å²) in [6.07, 6.45) is 11.0. The molecule has 2 N–H and O–H groups in total. The van der Waals surface area contributed by atoms with Gasteiger partial charge in [-0.15, -0.1) is 0 Å². The third kappa shape index (κ3) is 10.1. The molecule has 1 aliphatic heterocycles. The number of amides is 1. The number of aliphatic hydroxyl groups is 1. The Bertz CT molecular complexity index is 561. The Balaban J connectivity index is 1.73. The summed E-state index contributed by atoms with van der Waals surface area (Å²) in [6.45, 7) is 5.98. The van der Waals surface area contributed by atoms with Gasteiger partial charge in [-0.05, 0) is 12.0 Å². The van der Waals surface area contributed by atoms with Crippen molar-refractivity contribution in [2.45, 2.75) is 83.3 Å². The molecule has 0 bridgehead atoms. The lowest BCUT2D eigenvalue weighted by Gasteiger charge is -2.33. The summed E-state index contributed by atoms with van der Waals surface area (Å²) in [5, 5.41) is 14.0. The van der Waals surface area contributed by atoms with E-state index >= 15 is 0 Å². The average Bonchev–Trinajstić information content (AvgIpc) is 2.78. The van der Waals surface area contributed by atoms with Crippen molar-refractivity contribution >= 4 is 5.91 Å². The van der Waals surface area contributed by atoms with Crippen molar-refractivity contribution in [1.29, 1.82) is 0 Å². The zero-order valence-corrected chi connectivity index (χ0v) is 18.9. The standard InChI is InChI=1S/C25H42N2O3/c1-2-3-4-5-6-7-8-9-13-16-24(28)26-23(21-27-17-19-30-20-18-27)25(29)22-14-11-10-12-15-22/h10-12,14-15,23,25,29H,2-9,13,16-21H2,1H3,(H,26,28)/t23?,25-/m1/s1. The van der Waals surface area contributed by atoms with Gasteiger partial charge in [0.2, 0.25) is 5.91 Å². The van der Waals surface area contributed by atoms with Gasteiger partial charge in [0.05, 0.1) is 19.3 Å². The molecule has 0 aliphatic carbocycles. The molecule has 5 heteroatoms. The highest BCUT2D eigenvalue weighted by Crippen LogP contribution is 2.18. The molecule has 5 nitrogen and oxygen atoms in total. The number of benzene rings is 1. The number of hydrogen-bond donors (Lipinski definition) is 2. The minimum absolute atomic E-state index is 0.0474. The maximum atomic E-state index is 12.6. The van der Waals surface area contributed by atoms with Gasteiger partial charge in [0.15, 0.2) is 0 Å². The fourth-order valence-corrected chi connectivity index (χ4v) is 4.04. The van der Waals surface area contributed by atoms with E-state index in [1.54, 1.807) is 0 Å². The van der Waals surface area contributed by atoms with Gasteiger partial charge in [0, 0.05) is 26.1 Å². The summed E-state index contributed by atoms with van der Waals surface area (Å²) in [5.41, 5.74) is 0.846. The van der Waals surface area contributed by atoms with Gasteiger partial charge in [-0.2, -0.15) is 0 Å². The van der Waals surface area contributed by atoms with Gasteiger partial charge >= 0.3 is 0 Å². The van der Waals surface area contributed by atoms with Crippen LogP contribution in [0.1, 0.15) is 82.8 Å². The van der Waals surface area contributed by atoms with E-state index in [0.717, 1.165) is 31.5 Å². The third-order valence-electron chi connectivity index (χ3n) is 5.93. The van der Waals surface area contributed by atoms with Crippen molar-refractivity contribution in [1.82, 2.24) is 10.2 Å². The van der Waals surface area contributed by atoms with E-state index in [4.69, 9.17) is 4.74 Å². The van der Waals surface area contributed by atoms with Crippen molar-refractivity contribution in [3.8, 4) is 0 Å². The summed E-state index contributed by atoms with van der Waals surface area (Å²) in [6, 6.07) is 9.32. The molecule has 2 rings (SSSR count). The second kappa shape index (κ2) is 15.4. The number of hydrogen-bond acceptors (Lipinski definition) is 4. The van der Waals surface area contributed by atoms with Gasteiger partial charge < -0.3 is 15.2 Å². The molecule has 1 amide bonds. The fourth-order valence-electron chi connectivity index (χ4n) is 4.04. The fraction of sp³-hybridized carbons (Fsp3) is 0.720. The summed E-state index contributed by atoms with van der Waals surface area (Å²) in [4.78, 5) is 14.8. The largest absolute Gasteiger partial charge is 0.386 e. The van der Waals surface area contributed by atoms with Gasteiger partial charge in [-0.25, -0.2) is 0 Å². The number of rotatable bonds is 15. The number of carbonyl (C=O) groups excluding carboxylic acids is 1. The molecule has 1 unspecified atom stereocenters. The second-order valence-corrected chi connectivity index (χ2v) is 8.52. The smallest absolute Gasteiger partial charge is 0.220 e. The molecule has 1 saturated heterocycles.